The van der Waals surface area contributed by atoms with Crippen molar-refractivity contribution in [3.05, 3.63) is 58.9 Å². The van der Waals surface area contributed by atoms with E-state index in [0.717, 1.165) is 17.8 Å². The van der Waals surface area contributed by atoms with Crippen LogP contribution < -0.4 is 0 Å². The lowest BCUT2D eigenvalue weighted by atomic mass is 9.68. The minimum absolute atomic E-state index is 0.265. The second-order valence-corrected chi connectivity index (χ2v) is 11.0. The Hall–Kier alpha value is -1.77. The topological polar surface area (TPSA) is 0 Å². The summed E-state index contributed by atoms with van der Waals surface area (Å²) in [5.74, 6) is 2.58. The Morgan fingerprint density at radius 3 is 2.00 bits per heavy atom. The third-order valence-electron chi connectivity index (χ3n) is 8.85. The zero-order chi connectivity index (χ0) is 24.1. The molecule has 2 fully saturated rings. The minimum atomic E-state index is -2.80. The molecule has 0 unspecified atom stereocenters. The van der Waals surface area contributed by atoms with Gasteiger partial charge >= 0.3 is 0 Å². The van der Waals surface area contributed by atoms with E-state index < -0.39 is 17.8 Å². The molecule has 2 aromatic rings. The van der Waals surface area contributed by atoms with Crippen molar-refractivity contribution in [2.45, 2.75) is 103 Å². The van der Waals surface area contributed by atoms with Gasteiger partial charge in [0.25, 0.3) is 6.43 Å². The molecule has 0 amide bonds. The summed E-state index contributed by atoms with van der Waals surface area (Å²) in [7, 11) is 0. The average molecular weight is 471 g/mol. The number of aryl methyl sites for hydroxylation is 1. The first-order chi connectivity index (χ1) is 16.5. The van der Waals surface area contributed by atoms with Crippen molar-refractivity contribution in [2.24, 2.45) is 17.8 Å². The largest absolute Gasteiger partial charge is 0.266 e. The van der Waals surface area contributed by atoms with Crippen molar-refractivity contribution in [1.82, 2.24) is 0 Å². The van der Waals surface area contributed by atoms with E-state index in [2.05, 4.69) is 19.1 Å². The van der Waals surface area contributed by atoms with Gasteiger partial charge in [-0.3, -0.25) is 0 Å². The molecule has 2 saturated carbocycles. The molecule has 0 bridgehead atoms. The second kappa shape index (κ2) is 11.8. The fourth-order valence-corrected chi connectivity index (χ4v) is 6.67. The Morgan fingerprint density at radius 1 is 0.794 bits per heavy atom. The van der Waals surface area contributed by atoms with E-state index in [-0.39, 0.29) is 5.56 Å². The standard InChI is InChI=1S/C31H41F3/c1-3-4-5-6-22-8-10-23(11-9-22)24-12-14-25(15-13-24)26-16-18-27(19-17-26)28-20-7-21(2)29(30(28)32)31(33)34/h7,16-20,22-25,31H,3-6,8-15H2,1-2H3. The summed E-state index contributed by atoms with van der Waals surface area (Å²) in [5, 5.41) is 0. The van der Waals surface area contributed by atoms with Crippen LogP contribution in [0.25, 0.3) is 11.1 Å². The first-order valence-electron chi connectivity index (χ1n) is 13.6. The number of unbranched alkanes of at least 4 members (excludes halogenated alkanes) is 2. The van der Waals surface area contributed by atoms with Crippen LogP contribution in [0.5, 0.6) is 0 Å². The van der Waals surface area contributed by atoms with Crippen molar-refractivity contribution in [2.75, 3.05) is 0 Å². The van der Waals surface area contributed by atoms with E-state index >= 15 is 0 Å². The SMILES string of the molecule is CCCCCC1CCC(C2CCC(c3ccc(-c4ccc(C)c(C(F)F)c4F)cc3)CC2)CC1. The lowest BCUT2D eigenvalue weighted by molar-refractivity contribution is 0.145. The lowest BCUT2D eigenvalue weighted by Gasteiger charge is -2.38. The highest BCUT2D eigenvalue weighted by atomic mass is 19.3. The molecule has 186 valence electrons. The molecule has 0 radical (unpaired) electrons. The maximum Gasteiger partial charge on any atom is 0.266 e. The van der Waals surface area contributed by atoms with E-state index in [9.17, 15) is 13.2 Å². The second-order valence-electron chi connectivity index (χ2n) is 11.0. The number of hydrogen-bond acceptors (Lipinski definition) is 0. The highest BCUT2D eigenvalue weighted by Gasteiger charge is 2.31. The molecule has 2 aromatic carbocycles. The Bertz CT molecular complexity index is 901. The van der Waals surface area contributed by atoms with Crippen molar-refractivity contribution in [3.8, 4) is 11.1 Å². The van der Waals surface area contributed by atoms with E-state index in [4.69, 9.17) is 0 Å². The third kappa shape index (κ3) is 5.89. The molecule has 0 nitrogen and oxygen atoms in total. The summed E-state index contributed by atoms with van der Waals surface area (Å²) in [6.07, 6.45) is 13.6. The van der Waals surface area contributed by atoms with Crippen molar-refractivity contribution in [1.29, 1.82) is 0 Å². The Kier molecular flexibility index (Phi) is 8.77. The third-order valence-corrected chi connectivity index (χ3v) is 8.85. The summed E-state index contributed by atoms with van der Waals surface area (Å²) in [4.78, 5) is 0. The Morgan fingerprint density at radius 2 is 1.41 bits per heavy atom. The van der Waals surface area contributed by atoms with Gasteiger partial charge in [0.05, 0.1) is 5.56 Å². The van der Waals surface area contributed by atoms with Crippen LogP contribution in [-0.2, 0) is 0 Å². The van der Waals surface area contributed by atoms with Gasteiger partial charge in [-0.05, 0) is 85.8 Å². The molecule has 0 N–H and O–H groups in total. The van der Waals surface area contributed by atoms with Crippen LogP contribution in [0.1, 0.15) is 113 Å². The first kappa shape index (κ1) is 25.3. The predicted octanol–water partition coefficient (Wildman–Crippen LogP) is 10.4. The van der Waals surface area contributed by atoms with Gasteiger partial charge in [-0.2, -0.15) is 0 Å². The Balaban J connectivity index is 1.31. The number of alkyl halides is 2. The van der Waals surface area contributed by atoms with Gasteiger partial charge in [0.1, 0.15) is 5.82 Å². The van der Waals surface area contributed by atoms with Crippen LogP contribution in [-0.4, -0.2) is 0 Å². The first-order valence-corrected chi connectivity index (χ1v) is 13.6. The quantitative estimate of drug-likeness (QED) is 0.337. The summed E-state index contributed by atoms with van der Waals surface area (Å²) in [6.45, 7) is 3.82. The molecule has 2 aliphatic rings. The Labute approximate surface area is 204 Å². The summed E-state index contributed by atoms with van der Waals surface area (Å²) in [6, 6.07) is 11.2. The van der Waals surface area contributed by atoms with Crippen LogP contribution in [0.3, 0.4) is 0 Å². The molecule has 34 heavy (non-hydrogen) atoms. The minimum Gasteiger partial charge on any atom is -0.206 e. The molecule has 0 atom stereocenters. The van der Waals surface area contributed by atoms with Gasteiger partial charge in [0.2, 0.25) is 0 Å². The molecule has 2 aliphatic carbocycles. The highest BCUT2D eigenvalue weighted by molar-refractivity contribution is 5.66. The smallest absolute Gasteiger partial charge is 0.206 e. The molecular weight excluding hydrogens is 429 g/mol. The summed E-state index contributed by atoms with van der Waals surface area (Å²) in [5.41, 5.74) is 2.07. The highest BCUT2D eigenvalue weighted by Crippen LogP contribution is 2.45. The molecule has 4 rings (SSSR count). The van der Waals surface area contributed by atoms with E-state index in [1.807, 2.05) is 12.1 Å². The van der Waals surface area contributed by atoms with Crippen LogP contribution in [0.4, 0.5) is 13.2 Å². The number of hydrogen-bond donors (Lipinski definition) is 0. The van der Waals surface area contributed by atoms with Crippen LogP contribution in [0.15, 0.2) is 36.4 Å². The van der Waals surface area contributed by atoms with Gasteiger partial charge in [-0.15, -0.1) is 0 Å². The summed E-state index contributed by atoms with van der Waals surface area (Å²) < 4.78 is 41.4. The zero-order valence-electron chi connectivity index (χ0n) is 21.0. The average Bonchev–Trinajstić information content (AvgIpc) is 2.85. The van der Waals surface area contributed by atoms with Crippen molar-refractivity contribution < 1.29 is 13.2 Å². The number of halogens is 3. The van der Waals surface area contributed by atoms with Crippen molar-refractivity contribution in [3.63, 3.8) is 0 Å². The van der Waals surface area contributed by atoms with Crippen LogP contribution in [0.2, 0.25) is 0 Å². The van der Waals surface area contributed by atoms with Gasteiger partial charge in [-0.25, -0.2) is 13.2 Å². The van der Waals surface area contributed by atoms with Gasteiger partial charge < -0.3 is 0 Å². The summed E-state index contributed by atoms with van der Waals surface area (Å²) >= 11 is 0. The monoisotopic (exact) mass is 470 g/mol. The molecular formula is C31H41F3. The van der Waals surface area contributed by atoms with Crippen LogP contribution >= 0.6 is 0 Å². The van der Waals surface area contributed by atoms with E-state index in [0.29, 0.717) is 17.0 Å². The molecule has 0 spiro atoms. The fraction of sp³-hybridized carbons (Fsp3) is 0.613. The molecule has 0 aliphatic heterocycles. The van der Waals surface area contributed by atoms with Gasteiger partial charge in [0.15, 0.2) is 0 Å². The molecule has 0 aromatic heterocycles. The molecule has 0 saturated heterocycles. The maximum absolute atomic E-state index is 14.8. The molecule has 3 heteroatoms. The van der Waals surface area contributed by atoms with E-state index in [1.54, 1.807) is 12.1 Å². The van der Waals surface area contributed by atoms with Gasteiger partial charge in [0, 0.05) is 5.56 Å². The normalized spacial score (nSPS) is 25.6. The number of benzene rings is 2. The zero-order valence-corrected chi connectivity index (χ0v) is 21.0. The maximum atomic E-state index is 14.8. The predicted molar refractivity (Wildman–Crippen MR) is 136 cm³/mol. The van der Waals surface area contributed by atoms with Crippen LogP contribution in [0, 0.1) is 30.5 Å². The van der Waals surface area contributed by atoms with E-state index in [1.165, 1.54) is 89.5 Å². The fourth-order valence-electron chi connectivity index (χ4n) is 6.67. The lowest BCUT2D eigenvalue weighted by Crippen LogP contribution is -2.25. The number of rotatable bonds is 8. The van der Waals surface area contributed by atoms with Crippen molar-refractivity contribution >= 4 is 0 Å². The molecule has 0 heterocycles. The van der Waals surface area contributed by atoms with Gasteiger partial charge in [-0.1, -0.05) is 81.8 Å².